The highest BCUT2D eigenvalue weighted by molar-refractivity contribution is 5.86. The molecule has 6 nitrogen and oxygen atoms in total. The molecule has 146 valence electrons. The summed E-state index contributed by atoms with van der Waals surface area (Å²) >= 11 is 0. The molecule has 1 rings (SSSR count). The van der Waals surface area contributed by atoms with E-state index in [2.05, 4.69) is 17.6 Å². The zero-order valence-electron chi connectivity index (χ0n) is 15.9. The Balaban J connectivity index is 2.80. The summed E-state index contributed by atoms with van der Waals surface area (Å²) < 4.78 is 18.7. The lowest BCUT2D eigenvalue weighted by molar-refractivity contribution is -0.123. The van der Waals surface area contributed by atoms with Gasteiger partial charge in [0.05, 0.1) is 0 Å². The van der Waals surface area contributed by atoms with Crippen molar-refractivity contribution < 1.29 is 23.8 Å². The van der Waals surface area contributed by atoms with Gasteiger partial charge in [0.2, 0.25) is 5.91 Å². The Morgan fingerprint density at radius 3 is 2.54 bits per heavy atom. The van der Waals surface area contributed by atoms with Gasteiger partial charge in [-0.15, -0.1) is 0 Å². The fourth-order valence-corrected chi connectivity index (χ4v) is 2.28. The van der Waals surface area contributed by atoms with Gasteiger partial charge in [0.15, 0.2) is 11.6 Å². The highest BCUT2D eigenvalue weighted by Gasteiger charge is 2.24. The number of nitrogens with one attached hydrogen (secondary N) is 2. The number of carbonyl (C=O) groups excluding carboxylic acids is 2. The van der Waals surface area contributed by atoms with Crippen LogP contribution in [0.2, 0.25) is 0 Å². The number of ether oxygens (including phenoxy) is 1. The van der Waals surface area contributed by atoms with Crippen molar-refractivity contribution in [1.82, 2.24) is 10.6 Å². The van der Waals surface area contributed by atoms with Crippen LogP contribution in [0.4, 0.5) is 9.18 Å². The van der Waals surface area contributed by atoms with Crippen molar-refractivity contribution in [2.75, 3.05) is 6.54 Å². The Kier molecular flexibility index (Phi) is 8.35. The number of hydrogen-bond acceptors (Lipinski definition) is 4. The first-order valence-corrected chi connectivity index (χ1v) is 8.87. The van der Waals surface area contributed by atoms with Gasteiger partial charge >= 0.3 is 6.09 Å². The molecule has 0 aliphatic heterocycles. The molecular weight excluding hydrogens is 339 g/mol. The van der Waals surface area contributed by atoms with Crippen molar-refractivity contribution in [2.24, 2.45) is 0 Å². The summed E-state index contributed by atoms with van der Waals surface area (Å²) in [4.78, 5) is 24.5. The number of unbranched alkanes of at least 4 members (excludes halogenated alkanes) is 2. The van der Waals surface area contributed by atoms with Gasteiger partial charge in [0, 0.05) is 13.0 Å². The van der Waals surface area contributed by atoms with Crippen LogP contribution in [0.1, 0.15) is 52.5 Å². The topological polar surface area (TPSA) is 87.7 Å². The number of phenols is 1. The second-order valence-electron chi connectivity index (χ2n) is 7.19. The fourth-order valence-electron chi connectivity index (χ4n) is 2.28. The first kappa shape index (κ1) is 21.7. The summed E-state index contributed by atoms with van der Waals surface area (Å²) in [5.74, 6) is -1.60. The largest absolute Gasteiger partial charge is 0.505 e. The normalized spacial score (nSPS) is 12.3. The smallest absolute Gasteiger partial charge is 0.408 e. The van der Waals surface area contributed by atoms with Gasteiger partial charge in [0.1, 0.15) is 11.6 Å². The van der Waals surface area contributed by atoms with Crippen LogP contribution in [0.25, 0.3) is 0 Å². The lowest BCUT2D eigenvalue weighted by Crippen LogP contribution is -2.49. The number of halogens is 1. The molecule has 3 N–H and O–H groups in total. The molecule has 0 aliphatic carbocycles. The molecule has 0 aromatic heterocycles. The summed E-state index contributed by atoms with van der Waals surface area (Å²) in [6.45, 7) is 7.74. The Morgan fingerprint density at radius 2 is 1.96 bits per heavy atom. The third kappa shape index (κ3) is 8.18. The van der Waals surface area contributed by atoms with E-state index < -0.39 is 29.3 Å². The summed E-state index contributed by atoms with van der Waals surface area (Å²) in [6.07, 6.45) is 2.23. The summed E-state index contributed by atoms with van der Waals surface area (Å²) in [5, 5.41) is 14.6. The average Bonchev–Trinajstić information content (AvgIpc) is 2.52. The lowest BCUT2D eigenvalue weighted by Gasteiger charge is -2.23. The van der Waals surface area contributed by atoms with Gasteiger partial charge in [-0.05, 0) is 44.9 Å². The number of rotatable bonds is 8. The monoisotopic (exact) mass is 368 g/mol. The van der Waals surface area contributed by atoms with Crippen molar-refractivity contribution in [3.05, 3.63) is 29.6 Å². The maximum atomic E-state index is 13.5. The van der Waals surface area contributed by atoms with E-state index in [1.54, 1.807) is 20.8 Å². The Bertz CT molecular complexity index is 614. The van der Waals surface area contributed by atoms with E-state index >= 15 is 0 Å². The fraction of sp³-hybridized carbons (Fsp3) is 0.579. The predicted molar refractivity (Wildman–Crippen MR) is 97.5 cm³/mol. The molecule has 0 saturated heterocycles. The second kappa shape index (κ2) is 9.99. The van der Waals surface area contributed by atoms with E-state index in [0.717, 1.165) is 25.3 Å². The van der Waals surface area contributed by atoms with E-state index in [1.807, 2.05) is 0 Å². The van der Waals surface area contributed by atoms with Crippen LogP contribution in [-0.4, -0.2) is 35.3 Å². The first-order valence-electron chi connectivity index (χ1n) is 8.87. The van der Waals surface area contributed by atoms with Gasteiger partial charge < -0.3 is 20.5 Å². The maximum absolute atomic E-state index is 13.5. The van der Waals surface area contributed by atoms with Crippen molar-refractivity contribution >= 4 is 12.0 Å². The Hall–Kier alpha value is -2.31. The van der Waals surface area contributed by atoms with Crippen LogP contribution < -0.4 is 10.6 Å². The van der Waals surface area contributed by atoms with Crippen LogP contribution in [0.5, 0.6) is 5.75 Å². The predicted octanol–water partition coefficient (Wildman–Crippen LogP) is 3.27. The molecule has 2 amide bonds. The minimum Gasteiger partial charge on any atom is -0.505 e. The second-order valence-corrected chi connectivity index (χ2v) is 7.19. The van der Waals surface area contributed by atoms with E-state index in [4.69, 9.17) is 4.74 Å². The number of amides is 2. The maximum Gasteiger partial charge on any atom is 0.408 e. The third-order valence-corrected chi connectivity index (χ3v) is 3.54. The van der Waals surface area contributed by atoms with Gasteiger partial charge in [-0.3, -0.25) is 4.79 Å². The number of phenolic OH excluding ortho intramolecular Hbond substituents is 1. The van der Waals surface area contributed by atoms with Gasteiger partial charge in [-0.1, -0.05) is 25.8 Å². The van der Waals surface area contributed by atoms with Gasteiger partial charge in [-0.25, -0.2) is 9.18 Å². The van der Waals surface area contributed by atoms with Crippen molar-refractivity contribution in [3.8, 4) is 5.75 Å². The molecule has 1 aromatic rings. The summed E-state index contributed by atoms with van der Waals surface area (Å²) in [7, 11) is 0. The van der Waals surface area contributed by atoms with Crippen LogP contribution in [0.15, 0.2) is 18.2 Å². The molecule has 1 atom stereocenters. The van der Waals surface area contributed by atoms with E-state index in [0.29, 0.717) is 12.1 Å². The molecule has 0 heterocycles. The van der Waals surface area contributed by atoms with Crippen LogP contribution in [-0.2, 0) is 16.0 Å². The molecule has 0 aliphatic rings. The number of aromatic hydroxyl groups is 1. The lowest BCUT2D eigenvalue weighted by atomic mass is 10.0. The van der Waals surface area contributed by atoms with E-state index in [9.17, 15) is 19.1 Å². The van der Waals surface area contributed by atoms with Crippen molar-refractivity contribution in [1.29, 1.82) is 0 Å². The zero-order valence-corrected chi connectivity index (χ0v) is 15.9. The van der Waals surface area contributed by atoms with Crippen molar-refractivity contribution in [3.63, 3.8) is 0 Å². The Labute approximate surface area is 154 Å². The zero-order chi connectivity index (χ0) is 19.7. The number of benzene rings is 1. The van der Waals surface area contributed by atoms with Crippen LogP contribution in [0.3, 0.4) is 0 Å². The molecule has 26 heavy (non-hydrogen) atoms. The Morgan fingerprint density at radius 1 is 1.27 bits per heavy atom. The molecule has 0 fully saturated rings. The van der Waals surface area contributed by atoms with Gasteiger partial charge in [0.25, 0.3) is 0 Å². The van der Waals surface area contributed by atoms with Crippen molar-refractivity contribution in [2.45, 2.75) is 65.0 Å². The quantitative estimate of drug-likeness (QED) is 0.615. The number of hydrogen-bond donors (Lipinski definition) is 3. The first-order chi connectivity index (χ1) is 12.1. The molecule has 0 saturated carbocycles. The number of carbonyl (C=O) groups is 2. The standard InChI is InChI=1S/C19H29FN2O4/c1-5-6-7-10-21-17(24)15(22-18(25)26-19(2,3)4)12-13-8-9-16(23)14(20)11-13/h8-9,11,15,23H,5-7,10,12H2,1-4H3,(H,21,24)(H,22,25). The summed E-state index contributed by atoms with van der Waals surface area (Å²) in [6, 6.07) is 2.96. The molecular formula is C19H29FN2O4. The molecule has 0 bridgehead atoms. The van der Waals surface area contributed by atoms with Crippen LogP contribution >= 0.6 is 0 Å². The summed E-state index contributed by atoms with van der Waals surface area (Å²) in [5.41, 5.74) is -0.221. The molecule has 1 unspecified atom stereocenters. The number of alkyl carbamates (subject to hydrolysis) is 1. The minimum atomic E-state index is -0.907. The molecule has 0 radical (unpaired) electrons. The average molecular weight is 368 g/mol. The van der Waals surface area contributed by atoms with E-state index in [1.165, 1.54) is 12.1 Å². The molecule has 1 aromatic carbocycles. The minimum absolute atomic E-state index is 0.0794. The molecule has 7 heteroatoms. The van der Waals surface area contributed by atoms with E-state index in [-0.39, 0.29) is 12.3 Å². The molecule has 0 spiro atoms. The SMILES string of the molecule is CCCCCNC(=O)C(Cc1ccc(O)c(F)c1)NC(=O)OC(C)(C)C. The third-order valence-electron chi connectivity index (χ3n) is 3.54. The van der Waals surface area contributed by atoms with Gasteiger partial charge in [-0.2, -0.15) is 0 Å². The van der Waals surface area contributed by atoms with Crippen LogP contribution in [0, 0.1) is 5.82 Å². The highest BCUT2D eigenvalue weighted by Crippen LogP contribution is 2.17. The highest BCUT2D eigenvalue weighted by atomic mass is 19.1.